The van der Waals surface area contributed by atoms with E-state index in [1.807, 2.05) is 12.2 Å². The molecule has 1 saturated carbocycles. The highest BCUT2D eigenvalue weighted by atomic mass is 32.2. The number of amides is 4. The summed E-state index contributed by atoms with van der Waals surface area (Å²) in [6.45, 7) is 5.54. The zero-order chi connectivity index (χ0) is 28.3. The molecule has 4 amide bonds. The number of carbonyl (C=O) groups excluding carboxylic acids is 4. The van der Waals surface area contributed by atoms with Crippen molar-refractivity contribution in [2.75, 3.05) is 20.6 Å². The van der Waals surface area contributed by atoms with Crippen molar-refractivity contribution in [3.05, 3.63) is 12.2 Å². The van der Waals surface area contributed by atoms with Gasteiger partial charge in [-0.25, -0.2) is 9.52 Å². The van der Waals surface area contributed by atoms with Gasteiger partial charge in [-0.3, -0.25) is 14.4 Å². The summed E-state index contributed by atoms with van der Waals surface area (Å²) in [5.74, 6) is -2.06. The van der Waals surface area contributed by atoms with E-state index >= 15 is 0 Å². The molecule has 3 aliphatic rings. The number of alkyl carbamates (subject to hydrolysis) is 1. The Balaban J connectivity index is 1.84. The molecule has 38 heavy (non-hydrogen) atoms. The first-order valence-electron chi connectivity index (χ1n) is 13.2. The molecule has 1 saturated heterocycles. The van der Waals surface area contributed by atoms with Gasteiger partial charge in [0.2, 0.25) is 11.8 Å². The van der Waals surface area contributed by atoms with Gasteiger partial charge in [0.15, 0.2) is 0 Å². The number of rotatable bonds is 4. The van der Waals surface area contributed by atoms with E-state index in [9.17, 15) is 27.6 Å². The number of nitrogens with one attached hydrogen (secondary N) is 3. The van der Waals surface area contributed by atoms with Crippen LogP contribution < -0.4 is 15.4 Å². The second kappa shape index (κ2) is 11.6. The normalized spacial score (nSPS) is 29.7. The standard InChI is InChI=1S/C25H41N5O7S/c1-24(2,3)37-23(34)26-18-13-10-8-6-7-9-12-17-16-25(17,22(33)28-38(35,36)29(4)5)27-20(31)19-14-11-15-30(19)21(18)32/h9,12,17-19H,6-8,10-11,13-16H2,1-5H3,(H,26,34)(H,27,31)(H,28,33)/b12-9-/t17-,18+,19?,25-/m1/s1. The Morgan fingerprint density at radius 1 is 1.13 bits per heavy atom. The van der Waals surface area contributed by atoms with E-state index in [1.165, 1.54) is 19.0 Å². The maximum absolute atomic E-state index is 13.6. The molecule has 3 rings (SSSR count). The summed E-state index contributed by atoms with van der Waals surface area (Å²) in [6.07, 6.45) is 7.82. The van der Waals surface area contributed by atoms with Gasteiger partial charge < -0.3 is 20.3 Å². The first-order valence-corrected chi connectivity index (χ1v) is 14.6. The molecule has 2 fully saturated rings. The molecule has 13 heteroatoms. The molecule has 0 radical (unpaired) electrons. The van der Waals surface area contributed by atoms with Crippen molar-refractivity contribution in [2.45, 2.75) is 95.4 Å². The van der Waals surface area contributed by atoms with E-state index in [0.29, 0.717) is 32.2 Å². The van der Waals surface area contributed by atoms with Gasteiger partial charge in [-0.2, -0.15) is 12.7 Å². The van der Waals surface area contributed by atoms with E-state index in [0.717, 1.165) is 23.6 Å². The minimum absolute atomic E-state index is 0.257. The number of hydrogen-bond acceptors (Lipinski definition) is 7. The van der Waals surface area contributed by atoms with E-state index in [4.69, 9.17) is 4.74 Å². The molecule has 0 bridgehead atoms. The molecule has 3 N–H and O–H groups in total. The summed E-state index contributed by atoms with van der Waals surface area (Å²) in [7, 11) is -1.45. The SMILES string of the molecule is CN(C)S(=O)(=O)NC(=O)[C@@]12C[C@H]1/C=C\CCCCC[C@H](NC(=O)OC(C)(C)C)C(=O)N1CCCC1C(=O)N2. The van der Waals surface area contributed by atoms with Crippen molar-refractivity contribution in [2.24, 2.45) is 5.92 Å². The Hall–Kier alpha value is -2.67. The average Bonchev–Trinajstić information content (AvgIpc) is 3.26. The van der Waals surface area contributed by atoms with Gasteiger partial charge in [-0.15, -0.1) is 0 Å². The molecular formula is C25H41N5O7S. The van der Waals surface area contributed by atoms with Crippen molar-refractivity contribution < 1.29 is 32.3 Å². The molecule has 4 atom stereocenters. The minimum Gasteiger partial charge on any atom is -0.444 e. The molecule has 1 unspecified atom stereocenters. The summed E-state index contributed by atoms with van der Waals surface area (Å²) >= 11 is 0. The zero-order valence-electron chi connectivity index (χ0n) is 22.9. The molecule has 0 aromatic heterocycles. The van der Waals surface area contributed by atoms with Crippen LogP contribution in [0.15, 0.2) is 12.2 Å². The summed E-state index contributed by atoms with van der Waals surface area (Å²) < 4.78 is 33.0. The first-order chi connectivity index (χ1) is 17.7. The largest absolute Gasteiger partial charge is 0.444 e. The number of ether oxygens (including phenoxy) is 1. The lowest BCUT2D eigenvalue weighted by atomic mass is 10.0. The van der Waals surface area contributed by atoms with Crippen LogP contribution in [0.4, 0.5) is 4.79 Å². The summed E-state index contributed by atoms with van der Waals surface area (Å²) in [5, 5.41) is 5.48. The van der Waals surface area contributed by atoms with E-state index < -0.39 is 51.3 Å². The predicted molar refractivity (Wildman–Crippen MR) is 140 cm³/mol. The molecule has 2 heterocycles. The van der Waals surface area contributed by atoms with Gasteiger partial charge in [0.05, 0.1) is 0 Å². The number of nitrogens with zero attached hydrogens (tertiary/aromatic N) is 2. The van der Waals surface area contributed by atoms with E-state index in [-0.39, 0.29) is 18.2 Å². The third-order valence-electron chi connectivity index (χ3n) is 7.03. The van der Waals surface area contributed by atoms with E-state index in [1.54, 1.807) is 20.8 Å². The lowest BCUT2D eigenvalue weighted by Gasteiger charge is -2.30. The predicted octanol–water partition coefficient (Wildman–Crippen LogP) is 1.19. The van der Waals surface area contributed by atoms with Crippen LogP contribution in [0.1, 0.15) is 72.1 Å². The Bertz CT molecular complexity index is 1070. The van der Waals surface area contributed by atoms with Gasteiger partial charge in [-0.05, 0) is 59.3 Å². The molecular weight excluding hydrogens is 514 g/mol. The van der Waals surface area contributed by atoms with Crippen LogP contribution in [-0.4, -0.2) is 85.3 Å². The van der Waals surface area contributed by atoms with Crippen LogP contribution in [-0.2, 0) is 29.3 Å². The number of carbonyl (C=O) groups is 4. The van der Waals surface area contributed by atoms with Crippen molar-refractivity contribution in [1.82, 2.24) is 24.6 Å². The van der Waals surface area contributed by atoms with Crippen LogP contribution >= 0.6 is 0 Å². The maximum atomic E-state index is 13.6. The Morgan fingerprint density at radius 2 is 1.84 bits per heavy atom. The smallest absolute Gasteiger partial charge is 0.408 e. The average molecular weight is 556 g/mol. The van der Waals surface area contributed by atoms with Crippen molar-refractivity contribution >= 4 is 34.0 Å². The fraction of sp³-hybridized carbons (Fsp3) is 0.760. The third-order valence-corrected chi connectivity index (χ3v) is 8.43. The summed E-state index contributed by atoms with van der Waals surface area (Å²) in [4.78, 5) is 54.1. The fourth-order valence-electron chi connectivity index (χ4n) is 4.84. The van der Waals surface area contributed by atoms with Crippen LogP contribution in [0.5, 0.6) is 0 Å². The fourth-order valence-corrected chi connectivity index (χ4v) is 5.44. The maximum Gasteiger partial charge on any atom is 0.408 e. The number of allylic oxidation sites excluding steroid dienone is 1. The van der Waals surface area contributed by atoms with E-state index in [2.05, 4.69) is 15.4 Å². The second-order valence-corrected chi connectivity index (χ2v) is 13.3. The highest BCUT2D eigenvalue weighted by Crippen LogP contribution is 2.45. The number of hydrogen-bond donors (Lipinski definition) is 3. The summed E-state index contributed by atoms with van der Waals surface area (Å²) in [5.41, 5.74) is -2.15. The molecule has 1 aliphatic carbocycles. The van der Waals surface area contributed by atoms with Crippen LogP contribution in [0.2, 0.25) is 0 Å². The lowest BCUT2D eigenvalue weighted by Crippen LogP contribution is -2.58. The zero-order valence-corrected chi connectivity index (χ0v) is 23.7. The highest BCUT2D eigenvalue weighted by molar-refractivity contribution is 7.87. The molecule has 0 aromatic carbocycles. The Kier molecular flexibility index (Phi) is 9.12. The molecule has 12 nitrogen and oxygen atoms in total. The molecule has 2 aliphatic heterocycles. The lowest BCUT2D eigenvalue weighted by molar-refractivity contribution is -0.141. The van der Waals surface area contributed by atoms with Gasteiger partial charge >= 0.3 is 16.3 Å². The second-order valence-electron chi connectivity index (χ2n) is 11.4. The molecule has 214 valence electrons. The van der Waals surface area contributed by atoms with Crippen molar-refractivity contribution in [3.63, 3.8) is 0 Å². The van der Waals surface area contributed by atoms with Crippen molar-refractivity contribution in [1.29, 1.82) is 0 Å². The summed E-state index contributed by atoms with van der Waals surface area (Å²) in [6, 6.07) is -1.69. The van der Waals surface area contributed by atoms with Gasteiger partial charge in [0.1, 0.15) is 23.2 Å². The monoisotopic (exact) mass is 555 g/mol. The van der Waals surface area contributed by atoms with Gasteiger partial charge in [-0.1, -0.05) is 25.0 Å². The van der Waals surface area contributed by atoms with Crippen LogP contribution in [0, 0.1) is 5.92 Å². The first kappa shape index (κ1) is 29.9. The van der Waals surface area contributed by atoms with Crippen LogP contribution in [0.25, 0.3) is 0 Å². The molecule has 0 aromatic rings. The number of fused-ring (bicyclic) bond motifs is 2. The van der Waals surface area contributed by atoms with Crippen molar-refractivity contribution in [3.8, 4) is 0 Å². The third kappa shape index (κ3) is 7.25. The Labute approximate surface area is 225 Å². The van der Waals surface area contributed by atoms with Crippen LogP contribution in [0.3, 0.4) is 0 Å². The highest BCUT2D eigenvalue weighted by Gasteiger charge is 2.61. The molecule has 0 spiro atoms. The topological polar surface area (TPSA) is 154 Å². The van der Waals surface area contributed by atoms with Gasteiger partial charge in [0.25, 0.3) is 5.91 Å². The van der Waals surface area contributed by atoms with Gasteiger partial charge in [0, 0.05) is 26.6 Å². The Morgan fingerprint density at radius 3 is 2.50 bits per heavy atom. The quantitative estimate of drug-likeness (QED) is 0.440. The minimum atomic E-state index is -4.06.